The highest BCUT2D eigenvalue weighted by Crippen LogP contribution is 2.06. The fourth-order valence-corrected chi connectivity index (χ4v) is 1.91. The number of ether oxygens (including phenoxy) is 1. The smallest absolute Gasteiger partial charge is 0.0764 e. The first-order chi connectivity index (χ1) is 8.67. The lowest BCUT2D eigenvalue weighted by Gasteiger charge is -2.19. The number of aromatic nitrogens is 2. The van der Waals surface area contributed by atoms with Crippen LogP contribution < -0.4 is 0 Å². The van der Waals surface area contributed by atoms with Gasteiger partial charge in [0.2, 0.25) is 0 Å². The molecule has 5 heteroatoms. The van der Waals surface area contributed by atoms with E-state index < -0.39 is 0 Å². The zero-order valence-electron chi connectivity index (χ0n) is 11.6. The molecule has 0 saturated heterocycles. The molecule has 18 heavy (non-hydrogen) atoms. The van der Waals surface area contributed by atoms with Gasteiger partial charge in [-0.3, -0.25) is 9.58 Å². The Kier molecular flexibility index (Phi) is 7.54. The maximum Gasteiger partial charge on any atom is 0.0764 e. The summed E-state index contributed by atoms with van der Waals surface area (Å²) in [6, 6.07) is 2.53. The van der Waals surface area contributed by atoms with Crippen molar-refractivity contribution in [3.05, 3.63) is 18.0 Å². The van der Waals surface area contributed by atoms with Gasteiger partial charge in [-0.2, -0.15) is 5.10 Å². The summed E-state index contributed by atoms with van der Waals surface area (Å²) in [4.78, 5) is 2.35. The fourth-order valence-electron chi connectivity index (χ4n) is 1.68. The molecular formula is C13H24BrN3O. The summed E-state index contributed by atoms with van der Waals surface area (Å²) >= 11 is 3.35. The summed E-state index contributed by atoms with van der Waals surface area (Å²) in [6.07, 6.45) is 2.05. The van der Waals surface area contributed by atoms with Crippen molar-refractivity contribution in [1.82, 2.24) is 14.7 Å². The Balaban J connectivity index is 2.36. The number of halogens is 1. The van der Waals surface area contributed by atoms with Crippen LogP contribution in [0.5, 0.6) is 0 Å². The summed E-state index contributed by atoms with van der Waals surface area (Å²) in [5, 5.41) is 5.47. The van der Waals surface area contributed by atoms with Gasteiger partial charge in [0, 0.05) is 30.7 Å². The van der Waals surface area contributed by atoms with Crippen LogP contribution in [0.1, 0.15) is 32.5 Å². The molecule has 0 amide bonds. The third-order valence-electron chi connectivity index (χ3n) is 2.80. The second kappa shape index (κ2) is 8.67. The van der Waals surface area contributed by atoms with Crippen molar-refractivity contribution in [3.63, 3.8) is 0 Å². The lowest BCUT2D eigenvalue weighted by molar-refractivity contribution is 0.114. The van der Waals surface area contributed by atoms with Gasteiger partial charge in [0.25, 0.3) is 0 Å². The molecule has 0 aliphatic heterocycles. The maximum absolute atomic E-state index is 5.48. The van der Waals surface area contributed by atoms with Gasteiger partial charge >= 0.3 is 0 Å². The van der Waals surface area contributed by atoms with Crippen LogP contribution in [0.3, 0.4) is 0 Å². The molecule has 0 aromatic carbocycles. The molecule has 0 fully saturated rings. The topological polar surface area (TPSA) is 30.3 Å². The van der Waals surface area contributed by atoms with Crippen molar-refractivity contribution >= 4 is 15.9 Å². The van der Waals surface area contributed by atoms with E-state index in [1.807, 2.05) is 4.68 Å². The molecule has 0 N–H and O–H groups in total. The molecule has 0 aliphatic rings. The molecular weight excluding hydrogens is 294 g/mol. The average molecular weight is 318 g/mol. The normalized spacial score (nSPS) is 11.7. The van der Waals surface area contributed by atoms with E-state index in [0.29, 0.717) is 6.04 Å². The van der Waals surface area contributed by atoms with Crippen molar-refractivity contribution in [2.24, 2.45) is 0 Å². The van der Waals surface area contributed by atoms with E-state index in [2.05, 4.69) is 59.0 Å². The van der Waals surface area contributed by atoms with Crippen LogP contribution in [-0.2, 0) is 11.3 Å². The molecule has 1 heterocycles. The number of nitrogens with zero attached hydrogens (tertiary/aromatic N) is 3. The van der Waals surface area contributed by atoms with Gasteiger partial charge in [0.15, 0.2) is 0 Å². The van der Waals surface area contributed by atoms with Crippen LogP contribution in [0.2, 0.25) is 0 Å². The van der Waals surface area contributed by atoms with Crippen LogP contribution in [0.15, 0.2) is 12.3 Å². The summed E-state index contributed by atoms with van der Waals surface area (Å²) in [7, 11) is 0. The Hall–Kier alpha value is -0.390. The largest absolute Gasteiger partial charge is 0.379 e. The molecule has 0 radical (unpaired) electrons. The van der Waals surface area contributed by atoms with E-state index in [-0.39, 0.29) is 0 Å². The molecule has 0 spiro atoms. The number of rotatable bonds is 9. The predicted molar refractivity (Wildman–Crippen MR) is 78.2 cm³/mol. The Morgan fingerprint density at radius 2 is 2.22 bits per heavy atom. The lowest BCUT2D eigenvalue weighted by atomic mass is 10.4. The van der Waals surface area contributed by atoms with Gasteiger partial charge in [-0.1, -0.05) is 22.9 Å². The van der Waals surface area contributed by atoms with E-state index in [4.69, 9.17) is 4.74 Å². The van der Waals surface area contributed by atoms with Crippen LogP contribution in [0.25, 0.3) is 0 Å². The van der Waals surface area contributed by atoms with Gasteiger partial charge in [0.05, 0.1) is 18.9 Å². The molecule has 0 aliphatic carbocycles. The summed E-state index contributed by atoms with van der Waals surface area (Å²) in [5.41, 5.74) is 1.13. The van der Waals surface area contributed by atoms with Crippen molar-refractivity contribution in [1.29, 1.82) is 0 Å². The molecule has 0 bridgehead atoms. The van der Waals surface area contributed by atoms with E-state index in [0.717, 1.165) is 43.9 Å². The molecule has 4 nitrogen and oxygen atoms in total. The van der Waals surface area contributed by atoms with Crippen molar-refractivity contribution in [3.8, 4) is 0 Å². The van der Waals surface area contributed by atoms with E-state index >= 15 is 0 Å². The van der Waals surface area contributed by atoms with Gasteiger partial charge < -0.3 is 4.74 Å². The fraction of sp³-hybridized carbons (Fsp3) is 0.769. The van der Waals surface area contributed by atoms with Gasteiger partial charge in [-0.15, -0.1) is 0 Å². The predicted octanol–water partition coefficient (Wildman–Crippen LogP) is 2.70. The monoisotopic (exact) mass is 317 g/mol. The zero-order valence-corrected chi connectivity index (χ0v) is 13.2. The standard InChI is InChI=1S/C13H24BrN3O/c1-4-16(8-10-18-9-6-14)11-13-5-7-17(15-13)12(2)3/h5,7,12H,4,6,8-11H2,1-3H3. The first-order valence-corrected chi connectivity index (χ1v) is 7.69. The minimum absolute atomic E-state index is 0.427. The molecule has 1 aromatic rings. The van der Waals surface area contributed by atoms with Crippen LogP contribution in [0.4, 0.5) is 0 Å². The number of hydrogen-bond acceptors (Lipinski definition) is 3. The van der Waals surface area contributed by atoms with Crippen LogP contribution in [0, 0.1) is 0 Å². The van der Waals surface area contributed by atoms with Crippen molar-refractivity contribution in [2.45, 2.75) is 33.4 Å². The second-order valence-corrected chi connectivity index (χ2v) is 5.34. The third kappa shape index (κ3) is 5.50. The molecule has 1 rings (SSSR count). The Labute approximate surface area is 118 Å². The SMILES string of the molecule is CCN(CCOCCBr)Cc1ccn(C(C)C)n1. The van der Waals surface area contributed by atoms with E-state index in [9.17, 15) is 0 Å². The number of hydrogen-bond donors (Lipinski definition) is 0. The van der Waals surface area contributed by atoms with Crippen LogP contribution in [-0.4, -0.2) is 46.3 Å². The highest BCUT2D eigenvalue weighted by molar-refractivity contribution is 9.09. The van der Waals surface area contributed by atoms with Gasteiger partial charge in [-0.25, -0.2) is 0 Å². The van der Waals surface area contributed by atoms with Crippen molar-refractivity contribution in [2.75, 3.05) is 31.6 Å². The number of alkyl halides is 1. The van der Waals surface area contributed by atoms with E-state index in [1.165, 1.54) is 0 Å². The number of likely N-dealkylation sites (N-methyl/N-ethyl adjacent to an activating group) is 1. The average Bonchev–Trinajstić information content (AvgIpc) is 2.81. The minimum Gasteiger partial charge on any atom is -0.379 e. The first-order valence-electron chi connectivity index (χ1n) is 6.57. The maximum atomic E-state index is 5.48. The van der Waals surface area contributed by atoms with E-state index in [1.54, 1.807) is 0 Å². The lowest BCUT2D eigenvalue weighted by Crippen LogP contribution is -2.27. The minimum atomic E-state index is 0.427. The zero-order chi connectivity index (χ0) is 13.4. The highest BCUT2D eigenvalue weighted by atomic mass is 79.9. The summed E-state index contributed by atoms with van der Waals surface area (Å²) in [5.74, 6) is 0. The molecule has 104 valence electrons. The van der Waals surface area contributed by atoms with Gasteiger partial charge in [0.1, 0.15) is 0 Å². The molecule has 0 atom stereocenters. The molecule has 0 unspecified atom stereocenters. The summed E-state index contributed by atoms with van der Waals surface area (Å²) in [6.45, 7) is 10.9. The Bertz CT molecular complexity index is 328. The highest BCUT2D eigenvalue weighted by Gasteiger charge is 2.07. The summed E-state index contributed by atoms with van der Waals surface area (Å²) < 4.78 is 7.49. The van der Waals surface area contributed by atoms with Crippen molar-refractivity contribution < 1.29 is 4.74 Å². The first kappa shape index (κ1) is 15.7. The molecule has 0 saturated carbocycles. The molecule has 1 aromatic heterocycles. The van der Waals surface area contributed by atoms with Crippen LogP contribution >= 0.6 is 15.9 Å². The Morgan fingerprint density at radius 1 is 1.44 bits per heavy atom. The third-order valence-corrected chi connectivity index (χ3v) is 3.12. The van der Waals surface area contributed by atoms with Gasteiger partial charge in [-0.05, 0) is 26.5 Å². The second-order valence-electron chi connectivity index (χ2n) is 4.55. The quantitative estimate of drug-likeness (QED) is 0.518. The Morgan fingerprint density at radius 3 is 2.78 bits per heavy atom.